The zero-order chi connectivity index (χ0) is 16.3. The largest absolute Gasteiger partial charge is 0.337 e. The summed E-state index contributed by atoms with van der Waals surface area (Å²) >= 11 is 6.08. The first-order valence-electron chi connectivity index (χ1n) is 6.64. The highest BCUT2D eigenvalue weighted by Gasteiger charge is 2.18. The highest BCUT2D eigenvalue weighted by molar-refractivity contribution is 6.31. The third-order valence-corrected chi connectivity index (χ3v) is 3.73. The standard InChI is InChI=1S/C16H15ClN2O3/c1-11-7-8-12(9-15(11)19(21)22)16(20)18(2)10-13-5-3-4-6-14(13)17/h3-9H,10H2,1-2H3. The molecule has 0 aliphatic rings. The van der Waals surface area contributed by atoms with E-state index in [2.05, 4.69) is 0 Å². The summed E-state index contributed by atoms with van der Waals surface area (Å²) in [6.45, 7) is 1.97. The van der Waals surface area contributed by atoms with Crippen molar-refractivity contribution < 1.29 is 9.72 Å². The van der Waals surface area contributed by atoms with Gasteiger partial charge in [0.15, 0.2) is 0 Å². The van der Waals surface area contributed by atoms with Crippen molar-refractivity contribution in [3.63, 3.8) is 0 Å². The first-order valence-corrected chi connectivity index (χ1v) is 7.02. The highest BCUT2D eigenvalue weighted by atomic mass is 35.5. The maximum atomic E-state index is 12.4. The van der Waals surface area contributed by atoms with Gasteiger partial charge in [-0.3, -0.25) is 14.9 Å². The van der Waals surface area contributed by atoms with E-state index in [1.54, 1.807) is 32.2 Å². The molecule has 1 amide bonds. The maximum Gasteiger partial charge on any atom is 0.273 e. The Morgan fingerprint density at radius 3 is 2.59 bits per heavy atom. The molecule has 6 heteroatoms. The molecule has 0 aliphatic heterocycles. The number of benzene rings is 2. The number of amides is 1. The Balaban J connectivity index is 2.23. The molecule has 0 atom stereocenters. The number of rotatable bonds is 4. The molecule has 0 saturated heterocycles. The van der Waals surface area contributed by atoms with Crippen molar-refractivity contribution in [1.29, 1.82) is 0 Å². The Labute approximate surface area is 133 Å². The molecule has 114 valence electrons. The topological polar surface area (TPSA) is 63.5 Å². The van der Waals surface area contributed by atoms with Crippen LogP contribution in [0.4, 0.5) is 5.69 Å². The third kappa shape index (κ3) is 3.43. The van der Waals surface area contributed by atoms with Gasteiger partial charge in [0.25, 0.3) is 11.6 Å². The molecule has 0 N–H and O–H groups in total. The summed E-state index contributed by atoms with van der Waals surface area (Å²) in [5, 5.41) is 11.5. The van der Waals surface area contributed by atoms with E-state index in [9.17, 15) is 14.9 Å². The molecular weight excluding hydrogens is 304 g/mol. The fourth-order valence-electron chi connectivity index (χ4n) is 2.11. The molecule has 0 unspecified atom stereocenters. The average molecular weight is 319 g/mol. The number of nitro groups is 1. The molecule has 0 fully saturated rings. The zero-order valence-electron chi connectivity index (χ0n) is 12.2. The molecule has 0 heterocycles. The number of aryl methyl sites for hydroxylation is 1. The Morgan fingerprint density at radius 2 is 1.95 bits per heavy atom. The summed E-state index contributed by atoms with van der Waals surface area (Å²) in [6, 6.07) is 11.7. The van der Waals surface area contributed by atoms with E-state index < -0.39 is 4.92 Å². The van der Waals surface area contributed by atoms with Crippen LogP contribution in [0.1, 0.15) is 21.5 Å². The predicted octanol–water partition coefficient (Wildman–Crippen LogP) is 3.83. The van der Waals surface area contributed by atoms with Crippen LogP contribution >= 0.6 is 11.6 Å². The van der Waals surface area contributed by atoms with Crippen LogP contribution in [0.2, 0.25) is 5.02 Å². The number of carbonyl (C=O) groups excluding carboxylic acids is 1. The van der Waals surface area contributed by atoms with Crippen molar-refractivity contribution in [2.24, 2.45) is 0 Å². The predicted molar refractivity (Wildman–Crippen MR) is 85.1 cm³/mol. The second-order valence-corrected chi connectivity index (χ2v) is 5.42. The van der Waals surface area contributed by atoms with Crippen LogP contribution in [0.15, 0.2) is 42.5 Å². The molecule has 0 bridgehead atoms. The molecule has 0 radical (unpaired) electrons. The van der Waals surface area contributed by atoms with Crippen LogP contribution in [-0.4, -0.2) is 22.8 Å². The molecule has 22 heavy (non-hydrogen) atoms. The molecule has 2 aromatic carbocycles. The van der Waals surface area contributed by atoms with E-state index in [0.29, 0.717) is 17.1 Å². The van der Waals surface area contributed by atoms with Gasteiger partial charge in [-0.15, -0.1) is 0 Å². The Bertz CT molecular complexity index is 731. The summed E-state index contributed by atoms with van der Waals surface area (Å²) in [7, 11) is 1.64. The van der Waals surface area contributed by atoms with Crippen LogP contribution in [0.25, 0.3) is 0 Å². The minimum atomic E-state index is -0.486. The zero-order valence-corrected chi connectivity index (χ0v) is 13.0. The third-order valence-electron chi connectivity index (χ3n) is 3.36. The molecule has 0 spiro atoms. The van der Waals surface area contributed by atoms with Gasteiger partial charge >= 0.3 is 0 Å². The number of nitro benzene ring substituents is 1. The van der Waals surface area contributed by atoms with Crippen LogP contribution in [0.3, 0.4) is 0 Å². The van der Waals surface area contributed by atoms with Gasteiger partial charge in [0.05, 0.1) is 4.92 Å². The van der Waals surface area contributed by atoms with Crippen LogP contribution in [0, 0.1) is 17.0 Å². The molecule has 0 aliphatic carbocycles. The van der Waals surface area contributed by atoms with E-state index in [1.807, 2.05) is 18.2 Å². The van der Waals surface area contributed by atoms with Crippen molar-refractivity contribution in [1.82, 2.24) is 4.90 Å². The normalized spacial score (nSPS) is 10.3. The molecule has 0 saturated carbocycles. The summed E-state index contributed by atoms with van der Waals surface area (Å²) < 4.78 is 0. The van der Waals surface area contributed by atoms with Gasteiger partial charge in [-0.2, -0.15) is 0 Å². The fourth-order valence-corrected chi connectivity index (χ4v) is 2.31. The number of carbonyl (C=O) groups is 1. The molecule has 0 aromatic heterocycles. The number of nitrogens with zero attached hydrogens (tertiary/aromatic N) is 2. The minimum absolute atomic E-state index is 0.0583. The summed E-state index contributed by atoms with van der Waals surface area (Å²) in [5.74, 6) is -0.289. The first kappa shape index (κ1) is 16.0. The Kier molecular flexibility index (Phi) is 4.78. The van der Waals surface area contributed by atoms with Crippen molar-refractivity contribution in [3.8, 4) is 0 Å². The highest BCUT2D eigenvalue weighted by Crippen LogP contribution is 2.21. The number of halogens is 1. The van der Waals surface area contributed by atoms with Crippen molar-refractivity contribution in [2.75, 3.05) is 7.05 Å². The molecule has 5 nitrogen and oxygen atoms in total. The summed E-state index contributed by atoms with van der Waals surface area (Å²) in [4.78, 5) is 24.4. The maximum absolute atomic E-state index is 12.4. The van der Waals surface area contributed by atoms with Gasteiger partial charge in [0.1, 0.15) is 0 Å². The quantitative estimate of drug-likeness (QED) is 0.635. The van der Waals surface area contributed by atoms with Crippen LogP contribution < -0.4 is 0 Å². The lowest BCUT2D eigenvalue weighted by molar-refractivity contribution is -0.385. The van der Waals surface area contributed by atoms with Gasteiger partial charge in [0, 0.05) is 35.8 Å². The second kappa shape index (κ2) is 6.58. The number of hydrogen-bond donors (Lipinski definition) is 0. The SMILES string of the molecule is Cc1ccc(C(=O)N(C)Cc2ccccc2Cl)cc1[N+](=O)[O-]. The smallest absolute Gasteiger partial charge is 0.273 e. The molecule has 2 rings (SSSR count). The van der Waals surface area contributed by atoms with Gasteiger partial charge in [-0.25, -0.2) is 0 Å². The average Bonchev–Trinajstić information content (AvgIpc) is 2.49. The van der Waals surface area contributed by atoms with Crippen molar-refractivity contribution in [2.45, 2.75) is 13.5 Å². The lowest BCUT2D eigenvalue weighted by Crippen LogP contribution is -2.26. The molecular formula is C16H15ClN2O3. The van der Waals surface area contributed by atoms with Gasteiger partial charge in [0.2, 0.25) is 0 Å². The second-order valence-electron chi connectivity index (χ2n) is 5.01. The van der Waals surface area contributed by atoms with E-state index >= 15 is 0 Å². The fraction of sp³-hybridized carbons (Fsp3) is 0.188. The van der Waals surface area contributed by atoms with Gasteiger partial charge in [-0.1, -0.05) is 35.9 Å². The van der Waals surface area contributed by atoms with Gasteiger partial charge in [-0.05, 0) is 24.6 Å². The Morgan fingerprint density at radius 1 is 1.27 bits per heavy atom. The lowest BCUT2D eigenvalue weighted by Gasteiger charge is -2.18. The van der Waals surface area contributed by atoms with Gasteiger partial charge < -0.3 is 4.90 Å². The van der Waals surface area contributed by atoms with Crippen LogP contribution in [0.5, 0.6) is 0 Å². The van der Waals surface area contributed by atoms with E-state index in [1.165, 1.54) is 11.0 Å². The van der Waals surface area contributed by atoms with E-state index in [-0.39, 0.29) is 17.2 Å². The van der Waals surface area contributed by atoms with E-state index in [4.69, 9.17) is 11.6 Å². The summed E-state index contributed by atoms with van der Waals surface area (Å²) in [6.07, 6.45) is 0. The number of hydrogen-bond acceptors (Lipinski definition) is 3. The lowest BCUT2D eigenvalue weighted by atomic mass is 10.1. The first-order chi connectivity index (χ1) is 10.4. The Hall–Kier alpha value is -2.40. The monoisotopic (exact) mass is 318 g/mol. The summed E-state index contributed by atoms with van der Waals surface area (Å²) in [5.41, 5.74) is 1.57. The van der Waals surface area contributed by atoms with Crippen molar-refractivity contribution in [3.05, 3.63) is 74.3 Å². The molecule has 2 aromatic rings. The minimum Gasteiger partial charge on any atom is -0.337 e. The van der Waals surface area contributed by atoms with Crippen LogP contribution in [-0.2, 0) is 6.54 Å². The van der Waals surface area contributed by atoms with E-state index in [0.717, 1.165) is 5.56 Å². The van der Waals surface area contributed by atoms with Crippen molar-refractivity contribution >= 4 is 23.2 Å².